The smallest absolute Gasteiger partial charge is 0.204 e. The van der Waals surface area contributed by atoms with Gasteiger partial charge in [0.15, 0.2) is 0 Å². The van der Waals surface area contributed by atoms with E-state index in [1.54, 1.807) is 0 Å². The molecular formula is C8H17NO3. The highest BCUT2D eigenvalue weighted by atomic mass is 16.6. The normalized spacial score (nSPS) is 12.8. The first-order valence-corrected chi connectivity index (χ1v) is 4.46. The highest BCUT2D eigenvalue weighted by Gasteiger charge is 2.05. The molecule has 0 aromatic heterocycles. The van der Waals surface area contributed by atoms with Crippen molar-refractivity contribution < 1.29 is 10.0 Å². The fraction of sp³-hybridized carbons (Fsp3) is 1.00. The summed E-state index contributed by atoms with van der Waals surface area (Å²) in [7, 11) is 0. The molecule has 0 aromatic carbocycles. The lowest BCUT2D eigenvalue weighted by molar-refractivity contribution is -0.480. The van der Waals surface area contributed by atoms with Crippen molar-refractivity contribution in [1.29, 1.82) is 0 Å². The van der Waals surface area contributed by atoms with E-state index in [9.17, 15) is 15.2 Å². The predicted molar refractivity (Wildman–Crippen MR) is 46.6 cm³/mol. The van der Waals surface area contributed by atoms with Gasteiger partial charge in [-0.1, -0.05) is 19.8 Å². The minimum atomic E-state index is -0.343. The summed E-state index contributed by atoms with van der Waals surface area (Å²) >= 11 is 0. The molecule has 1 atom stereocenters. The molecule has 0 aromatic rings. The molecule has 0 heterocycles. The molecule has 0 fully saturated rings. The summed E-state index contributed by atoms with van der Waals surface area (Å²) in [5, 5.41) is 19.2. The second kappa shape index (κ2) is 7.03. The maximum atomic E-state index is 9.92. The lowest BCUT2D eigenvalue weighted by Crippen LogP contribution is -2.09. The van der Waals surface area contributed by atoms with Gasteiger partial charge in [0, 0.05) is 11.3 Å². The van der Waals surface area contributed by atoms with Crippen LogP contribution in [-0.2, 0) is 0 Å². The molecule has 0 saturated heterocycles. The standard InChI is InChI=1S/C8H17NO3/c1-2-3-5-8(10)6-4-7-9(11)12/h8,10H,2-7H2,1H3/t8-/m0/s1. The summed E-state index contributed by atoms with van der Waals surface area (Å²) < 4.78 is 0. The van der Waals surface area contributed by atoms with Crippen LogP contribution in [0.15, 0.2) is 0 Å². The van der Waals surface area contributed by atoms with Gasteiger partial charge < -0.3 is 5.11 Å². The number of hydrogen-bond acceptors (Lipinski definition) is 3. The Bertz CT molecular complexity index is 127. The molecule has 12 heavy (non-hydrogen) atoms. The molecule has 72 valence electrons. The summed E-state index contributed by atoms with van der Waals surface area (Å²) in [6.45, 7) is 2.03. The summed E-state index contributed by atoms with van der Waals surface area (Å²) in [6, 6.07) is 0. The minimum absolute atomic E-state index is 0.0246. The van der Waals surface area contributed by atoms with E-state index in [-0.39, 0.29) is 17.6 Å². The van der Waals surface area contributed by atoms with Crippen molar-refractivity contribution in [2.75, 3.05) is 6.54 Å². The van der Waals surface area contributed by atoms with Crippen molar-refractivity contribution in [2.24, 2.45) is 0 Å². The quantitative estimate of drug-likeness (QED) is 0.472. The van der Waals surface area contributed by atoms with Crippen molar-refractivity contribution in [1.82, 2.24) is 0 Å². The topological polar surface area (TPSA) is 63.4 Å². The van der Waals surface area contributed by atoms with E-state index in [0.717, 1.165) is 19.3 Å². The van der Waals surface area contributed by atoms with E-state index < -0.39 is 0 Å². The summed E-state index contributed by atoms with van der Waals surface area (Å²) in [5.74, 6) is 0. The number of aliphatic hydroxyl groups is 1. The van der Waals surface area contributed by atoms with Crippen molar-refractivity contribution >= 4 is 0 Å². The number of rotatable bonds is 7. The van der Waals surface area contributed by atoms with Crippen LogP contribution in [0.25, 0.3) is 0 Å². The highest BCUT2D eigenvalue weighted by Crippen LogP contribution is 2.06. The van der Waals surface area contributed by atoms with E-state index in [1.807, 2.05) is 0 Å². The molecule has 0 radical (unpaired) electrons. The molecule has 4 nitrogen and oxygen atoms in total. The van der Waals surface area contributed by atoms with Crippen molar-refractivity contribution in [3.8, 4) is 0 Å². The SMILES string of the molecule is CCCC[C@H](O)CCC[N+](=O)[O-]. The van der Waals surface area contributed by atoms with Crippen LogP contribution in [0, 0.1) is 10.1 Å². The van der Waals surface area contributed by atoms with Crippen LogP contribution in [0.3, 0.4) is 0 Å². The first kappa shape index (κ1) is 11.4. The Hall–Kier alpha value is -0.640. The first-order chi connectivity index (χ1) is 5.66. The Balaban J connectivity index is 3.19. The lowest BCUT2D eigenvalue weighted by atomic mass is 10.1. The van der Waals surface area contributed by atoms with Gasteiger partial charge in [-0.2, -0.15) is 0 Å². The van der Waals surface area contributed by atoms with Crippen LogP contribution in [0.1, 0.15) is 39.0 Å². The molecule has 0 amide bonds. The van der Waals surface area contributed by atoms with Gasteiger partial charge in [-0.3, -0.25) is 10.1 Å². The predicted octanol–water partition coefficient (Wildman–Crippen LogP) is 1.59. The third-order valence-electron chi connectivity index (χ3n) is 1.77. The zero-order valence-corrected chi connectivity index (χ0v) is 7.53. The third-order valence-corrected chi connectivity index (χ3v) is 1.77. The second-order valence-corrected chi connectivity index (χ2v) is 2.99. The fourth-order valence-electron chi connectivity index (χ4n) is 1.04. The largest absolute Gasteiger partial charge is 0.393 e. The number of unbranched alkanes of at least 4 members (excludes halogenated alkanes) is 1. The number of hydrogen-bond donors (Lipinski definition) is 1. The van der Waals surface area contributed by atoms with Crippen LogP contribution in [0.5, 0.6) is 0 Å². The molecule has 0 saturated carbocycles. The molecule has 0 aliphatic heterocycles. The summed E-state index contributed by atoms with van der Waals surface area (Å²) in [6.07, 6.45) is 3.53. The third kappa shape index (κ3) is 7.47. The maximum absolute atomic E-state index is 9.92. The van der Waals surface area contributed by atoms with Gasteiger partial charge in [0.25, 0.3) is 0 Å². The van der Waals surface area contributed by atoms with Crippen molar-refractivity contribution in [3.63, 3.8) is 0 Å². The van der Waals surface area contributed by atoms with E-state index >= 15 is 0 Å². The number of nitrogens with zero attached hydrogens (tertiary/aromatic N) is 1. The Morgan fingerprint density at radius 1 is 1.42 bits per heavy atom. The molecule has 0 aliphatic rings. The van der Waals surface area contributed by atoms with Crippen LogP contribution < -0.4 is 0 Å². The van der Waals surface area contributed by atoms with Crippen molar-refractivity contribution in [2.45, 2.75) is 45.1 Å². The molecule has 0 rings (SSSR count). The van der Waals surface area contributed by atoms with Gasteiger partial charge in [-0.05, 0) is 12.8 Å². The van der Waals surface area contributed by atoms with Crippen LogP contribution in [0.4, 0.5) is 0 Å². The lowest BCUT2D eigenvalue weighted by Gasteiger charge is -2.06. The summed E-state index contributed by atoms with van der Waals surface area (Å²) in [4.78, 5) is 9.58. The zero-order chi connectivity index (χ0) is 9.40. The van der Waals surface area contributed by atoms with Gasteiger partial charge >= 0.3 is 0 Å². The Labute approximate surface area is 72.7 Å². The number of nitro groups is 1. The fourth-order valence-corrected chi connectivity index (χ4v) is 1.04. The molecule has 1 N–H and O–H groups in total. The van der Waals surface area contributed by atoms with Crippen LogP contribution in [-0.4, -0.2) is 22.7 Å². The maximum Gasteiger partial charge on any atom is 0.204 e. The van der Waals surface area contributed by atoms with Crippen LogP contribution in [0.2, 0.25) is 0 Å². The first-order valence-electron chi connectivity index (χ1n) is 4.46. The average molecular weight is 175 g/mol. The molecule has 4 heteroatoms. The summed E-state index contributed by atoms with van der Waals surface area (Å²) in [5.41, 5.74) is 0. The van der Waals surface area contributed by atoms with Crippen LogP contribution >= 0.6 is 0 Å². The van der Waals surface area contributed by atoms with E-state index in [2.05, 4.69) is 6.92 Å². The molecule has 0 aliphatic carbocycles. The van der Waals surface area contributed by atoms with Gasteiger partial charge in [-0.25, -0.2) is 0 Å². The van der Waals surface area contributed by atoms with Gasteiger partial charge in [0.2, 0.25) is 6.54 Å². The van der Waals surface area contributed by atoms with E-state index in [0.29, 0.717) is 12.8 Å². The second-order valence-electron chi connectivity index (χ2n) is 2.99. The van der Waals surface area contributed by atoms with Gasteiger partial charge in [0.1, 0.15) is 0 Å². The van der Waals surface area contributed by atoms with Crippen molar-refractivity contribution in [3.05, 3.63) is 10.1 Å². The molecule has 0 bridgehead atoms. The Morgan fingerprint density at radius 3 is 2.50 bits per heavy atom. The molecule has 0 unspecified atom stereocenters. The zero-order valence-electron chi connectivity index (χ0n) is 7.53. The molecular weight excluding hydrogens is 158 g/mol. The monoisotopic (exact) mass is 175 g/mol. The van der Waals surface area contributed by atoms with Gasteiger partial charge in [-0.15, -0.1) is 0 Å². The molecule has 0 spiro atoms. The average Bonchev–Trinajstić information content (AvgIpc) is 2.00. The van der Waals surface area contributed by atoms with Gasteiger partial charge in [0.05, 0.1) is 6.10 Å². The minimum Gasteiger partial charge on any atom is -0.393 e. The van der Waals surface area contributed by atoms with E-state index in [4.69, 9.17) is 0 Å². The Morgan fingerprint density at radius 2 is 2.00 bits per heavy atom. The number of aliphatic hydroxyl groups excluding tert-OH is 1. The highest BCUT2D eigenvalue weighted by molar-refractivity contribution is 4.54. The Kier molecular flexibility index (Phi) is 6.66. The van der Waals surface area contributed by atoms with E-state index in [1.165, 1.54) is 0 Å².